The summed E-state index contributed by atoms with van der Waals surface area (Å²) in [4.78, 5) is 13.4. The van der Waals surface area contributed by atoms with Crippen LogP contribution in [-0.4, -0.2) is 22.2 Å². The van der Waals surface area contributed by atoms with Gasteiger partial charge in [-0.2, -0.15) is 18.3 Å². The zero-order valence-corrected chi connectivity index (χ0v) is 15.6. The van der Waals surface area contributed by atoms with Gasteiger partial charge in [0.15, 0.2) is 0 Å². The molecule has 2 heterocycles. The first kappa shape index (κ1) is 19.2. The number of hydrogen-bond acceptors (Lipinski definition) is 3. The fourth-order valence-electron chi connectivity index (χ4n) is 2.85. The van der Waals surface area contributed by atoms with E-state index in [-0.39, 0.29) is 18.2 Å². The normalized spacial score (nSPS) is 12.8. The second-order valence-electron chi connectivity index (χ2n) is 6.19. The van der Waals surface area contributed by atoms with E-state index in [4.69, 9.17) is 0 Å². The first-order valence-electron chi connectivity index (χ1n) is 8.27. The molecule has 27 heavy (non-hydrogen) atoms. The Hall–Kier alpha value is -2.61. The Morgan fingerprint density at radius 2 is 1.93 bits per heavy atom. The van der Waals surface area contributed by atoms with Gasteiger partial charge in [0.05, 0.1) is 11.3 Å². The largest absolute Gasteiger partial charge is 0.416 e. The first-order chi connectivity index (χ1) is 12.8. The van der Waals surface area contributed by atoms with Crippen molar-refractivity contribution in [2.45, 2.75) is 26.1 Å². The molecule has 3 rings (SSSR count). The van der Waals surface area contributed by atoms with Gasteiger partial charge in [-0.25, -0.2) is 0 Å². The molecule has 1 aromatic carbocycles. The number of carbonyl (C=O) groups is 1. The number of carbonyl (C=O) groups excluding carboxylic acids is 1. The number of aryl methyl sites for hydroxylation is 2. The molecule has 0 radical (unpaired) electrons. The van der Waals surface area contributed by atoms with Gasteiger partial charge >= 0.3 is 6.18 Å². The molecule has 0 saturated heterocycles. The summed E-state index contributed by atoms with van der Waals surface area (Å²) in [5.74, 6) is -0.424. The number of benzene rings is 1. The van der Waals surface area contributed by atoms with E-state index in [1.165, 1.54) is 12.1 Å². The van der Waals surface area contributed by atoms with E-state index in [0.29, 0.717) is 0 Å². The molecule has 142 valence electrons. The van der Waals surface area contributed by atoms with Crippen LogP contribution < -0.4 is 5.32 Å². The van der Waals surface area contributed by atoms with Crippen LogP contribution in [0.25, 0.3) is 0 Å². The van der Waals surface area contributed by atoms with Gasteiger partial charge in [0.25, 0.3) is 5.91 Å². The number of nitrogens with one attached hydrogen (secondary N) is 1. The number of aromatic nitrogens is 2. The number of nitrogens with zero attached hydrogens (tertiary/aromatic N) is 2. The molecule has 8 heteroatoms. The molecular weight excluding hydrogens is 375 g/mol. The average Bonchev–Trinajstić information content (AvgIpc) is 3.25. The van der Waals surface area contributed by atoms with Crippen molar-refractivity contribution < 1.29 is 18.0 Å². The van der Waals surface area contributed by atoms with Gasteiger partial charge in [0.2, 0.25) is 0 Å². The van der Waals surface area contributed by atoms with E-state index < -0.39 is 17.6 Å². The highest BCUT2D eigenvalue weighted by Crippen LogP contribution is 2.29. The van der Waals surface area contributed by atoms with Gasteiger partial charge in [-0.3, -0.25) is 9.48 Å². The summed E-state index contributed by atoms with van der Waals surface area (Å²) in [5.41, 5.74) is 1.25. The molecule has 1 unspecified atom stereocenters. The maximum absolute atomic E-state index is 12.7. The fraction of sp³-hybridized carbons (Fsp3) is 0.263. The summed E-state index contributed by atoms with van der Waals surface area (Å²) in [5, 5.41) is 9.26. The third kappa shape index (κ3) is 4.39. The fourth-order valence-corrected chi connectivity index (χ4v) is 3.66. The van der Waals surface area contributed by atoms with Crippen molar-refractivity contribution >= 4 is 17.2 Å². The molecule has 3 aromatic rings. The predicted molar refractivity (Wildman–Crippen MR) is 97.9 cm³/mol. The minimum atomic E-state index is -4.42. The van der Waals surface area contributed by atoms with Crippen molar-refractivity contribution in [1.29, 1.82) is 0 Å². The number of amides is 1. The third-order valence-corrected chi connectivity index (χ3v) is 5.12. The van der Waals surface area contributed by atoms with Gasteiger partial charge in [0.1, 0.15) is 6.04 Å². The molecule has 1 N–H and O–H groups in total. The third-order valence-electron chi connectivity index (χ3n) is 4.14. The molecule has 2 aromatic heterocycles. The van der Waals surface area contributed by atoms with Gasteiger partial charge in [-0.15, -0.1) is 11.3 Å². The summed E-state index contributed by atoms with van der Waals surface area (Å²) in [7, 11) is 0. The van der Waals surface area contributed by atoms with Crippen LogP contribution in [0.15, 0.2) is 47.8 Å². The van der Waals surface area contributed by atoms with Crippen molar-refractivity contribution in [3.8, 4) is 0 Å². The topological polar surface area (TPSA) is 46.9 Å². The second kappa shape index (κ2) is 7.56. The number of halogens is 3. The lowest BCUT2D eigenvalue weighted by Crippen LogP contribution is -2.31. The molecule has 1 atom stereocenters. The molecule has 0 aliphatic carbocycles. The summed E-state index contributed by atoms with van der Waals surface area (Å²) < 4.78 is 39.8. The quantitative estimate of drug-likeness (QED) is 0.689. The van der Waals surface area contributed by atoms with Crippen molar-refractivity contribution in [1.82, 2.24) is 15.1 Å². The van der Waals surface area contributed by atoms with Gasteiger partial charge in [0, 0.05) is 22.7 Å². The van der Waals surface area contributed by atoms with E-state index in [9.17, 15) is 18.0 Å². The van der Waals surface area contributed by atoms with Crippen molar-refractivity contribution in [2.75, 3.05) is 6.54 Å². The minimum absolute atomic E-state index is 0.182. The lowest BCUT2D eigenvalue weighted by atomic mass is 10.1. The molecule has 0 fully saturated rings. The van der Waals surface area contributed by atoms with Crippen LogP contribution in [0.5, 0.6) is 0 Å². The summed E-state index contributed by atoms with van der Waals surface area (Å²) in [6.45, 7) is 4.12. The molecule has 0 saturated carbocycles. The van der Waals surface area contributed by atoms with Gasteiger partial charge < -0.3 is 5.32 Å². The molecule has 0 aliphatic heterocycles. The predicted octanol–water partition coefficient (Wildman–Crippen LogP) is 4.60. The Kier molecular flexibility index (Phi) is 5.36. The Morgan fingerprint density at radius 1 is 1.22 bits per heavy atom. The Labute approximate surface area is 158 Å². The van der Waals surface area contributed by atoms with E-state index >= 15 is 0 Å². The lowest BCUT2D eigenvalue weighted by Gasteiger charge is -2.19. The molecule has 0 spiro atoms. The first-order valence-corrected chi connectivity index (χ1v) is 9.15. The Bertz CT molecular complexity index is 915. The summed E-state index contributed by atoms with van der Waals surface area (Å²) in [6.07, 6.45) is -4.42. The lowest BCUT2D eigenvalue weighted by molar-refractivity contribution is -0.137. The number of hydrogen-bond donors (Lipinski definition) is 1. The van der Waals surface area contributed by atoms with Gasteiger partial charge in [-0.1, -0.05) is 6.07 Å². The van der Waals surface area contributed by atoms with Crippen LogP contribution >= 0.6 is 11.3 Å². The van der Waals surface area contributed by atoms with Crippen molar-refractivity contribution in [2.24, 2.45) is 0 Å². The zero-order chi connectivity index (χ0) is 19.6. The Balaban J connectivity index is 1.76. The SMILES string of the molecule is Cc1cc(C)n(C(CNC(=O)c2ccc(C(F)(F)F)cc2)c2cccs2)n1. The molecule has 0 aliphatic rings. The van der Waals surface area contributed by atoms with E-state index in [0.717, 1.165) is 28.4 Å². The van der Waals surface area contributed by atoms with Gasteiger partial charge in [-0.05, 0) is 55.6 Å². The standard InChI is InChI=1S/C19H18F3N3OS/c1-12-10-13(2)25(24-12)16(17-4-3-9-27-17)11-23-18(26)14-5-7-15(8-6-14)19(20,21)22/h3-10,16H,11H2,1-2H3,(H,23,26). The molecule has 1 amide bonds. The zero-order valence-electron chi connectivity index (χ0n) is 14.7. The van der Waals surface area contributed by atoms with E-state index in [2.05, 4.69) is 10.4 Å². The molecular formula is C19H18F3N3OS. The van der Waals surface area contributed by atoms with E-state index in [1.54, 1.807) is 11.3 Å². The highest BCUT2D eigenvalue weighted by Gasteiger charge is 2.30. The second-order valence-corrected chi connectivity index (χ2v) is 7.17. The van der Waals surface area contributed by atoms with Crippen LogP contribution in [0.1, 0.15) is 38.2 Å². The smallest absolute Gasteiger partial charge is 0.350 e. The van der Waals surface area contributed by atoms with Crippen molar-refractivity contribution in [3.63, 3.8) is 0 Å². The van der Waals surface area contributed by atoms with Crippen LogP contribution in [0.2, 0.25) is 0 Å². The molecule has 4 nitrogen and oxygen atoms in total. The highest BCUT2D eigenvalue weighted by atomic mass is 32.1. The maximum Gasteiger partial charge on any atom is 0.416 e. The number of alkyl halides is 3. The maximum atomic E-state index is 12.7. The number of rotatable bonds is 5. The van der Waals surface area contributed by atoms with E-state index in [1.807, 2.05) is 42.1 Å². The summed E-state index contributed by atoms with van der Waals surface area (Å²) in [6, 6.07) is 9.85. The minimum Gasteiger partial charge on any atom is -0.350 e. The van der Waals surface area contributed by atoms with Crippen molar-refractivity contribution in [3.05, 3.63) is 75.2 Å². The molecule has 0 bridgehead atoms. The van der Waals surface area contributed by atoms with Crippen LogP contribution in [0, 0.1) is 13.8 Å². The van der Waals surface area contributed by atoms with Crippen LogP contribution in [0.3, 0.4) is 0 Å². The number of thiophene rings is 1. The highest BCUT2D eigenvalue weighted by molar-refractivity contribution is 7.10. The average molecular weight is 393 g/mol. The monoisotopic (exact) mass is 393 g/mol. The Morgan fingerprint density at radius 3 is 2.44 bits per heavy atom. The van der Waals surface area contributed by atoms with Crippen LogP contribution in [-0.2, 0) is 6.18 Å². The summed E-state index contributed by atoms with van der Waals surface area (Å²) >= 11 is 1.56. The van der Waals surface area contributed by atoms with Crippen LogP contribution in [0.4, 0.5) is 13.2 Å².